The normalized spacial score (nSPS) is 20.1. The SMILES string of the molecule is O=C(OON1C(=O)CCC1=O)C(O)C(O)C(=O)ON1C(=O)CCC1=O. The van der Waals surface area contributed by atoms with E-state index in [0.29, 0.717) is 0 Å². The van der Waals surface area contributed by atoms with Crippen molar-refractivity contribution in [3.05, 3.63) is 0 Å². The Morgan fingerprint density at radius 2 is 1.16 bits per heavy atom. The van der Waals surface area contributed by atoms with Gasteiger partial charge in [-0.2, -0.15) is 0 Å². The highest BCUT2D eigenvalue weighted by Gasteiger charge is 2.40. The van der Waals surface area contributed by atoms with Gasteiger partial charge in [0, 0.05) is 25.7 Å². The molecule has 2 aliphatic rings. The molecule has 0 aliphatic carbocycles. The van der Waals surface area contributed by atoms with E-state index in [1.807, 2.05) is 0 Å². The van der Waals surface area contributed by atoms with Crippen LogP contribution in [0.2, 0.25) is 0 Å². The molecule has 4 amide bonds. The zero-order valence-corrected chi connectivity index (χ0v) is 12.4. The average molecular weight is 360 g/mol. The molecular weight excluding hydrogens is 348 g/mol. The Kier molecular flexibility index (Phi) is 5.41. The predicted octanol–water partition coefficient (Wildman–Crippen LogP) is -3.15. The standard InChI is InChI=1S/C12H12N2O11/c15-5-1-2-6(16)13(5)23-11(21)9(19)10(20)12(22)24-25-14-7(17)3-4-8(14)18/h9-10,19-20H,1-4H2. The third-order valence-corrected chi connectivity index (χ3v) is 3.17. The number of nitrogens with zero attached hydrogens (tertiary/aromatic N) is 2. The molecule has 2 N–H and O–H groups in total. The molecule has 0 spiro atoms. The second kappa shape index (κ2) is 7.33. The molecular formula is C12H12N2O11. The van der Waals surface area contributed by atoms with E-state index in [9.17, 15) is 39.0 Å². The molecule has 13 nitrogen and oxygen atoms in total. The summed E-state index contributed by atoms with van der Waals surface area (Å²) in [7, 11) is 0. The average Bonchev–Trinajstić information content (AvgIpc) is 3.07. The molecule has 0 bridgehead atoms. The lowest BCUT2D eigenvalue weighted by atomic mass is 10.2. The number of carbonyl (C=O) groups excluding carboxylic acids is 6. The minimum Gasteiger partial charge on any atom is -0.379 e. The first-order valence-corrected chi connectivity index (χ1v) is 6.90. The number of aliphatic hydroxyl groups excluding tert-OH is 2. The molecule has 2 fully saturated rings. The van der Waals surface area contributed by atoms with Crippen LogP contribution in [0.3, 0.4) is 0 Å². The zero-order chi connectivity index (χ0) is 18.7. The van der Waals surface area contributed by atoms with Crippen molar-refractivity contribution in [2.24, 2.45) is 0 Å². The first-order valence-electron chi connectivity index (χ1n) is 6.90. The minimum atomic E-state index is -2.53. The third-order valence-electron chi connectivity index (χ3n) is 3.17. The van der Waals surface area contributed by atoms with E-state index in [-0.39, 0.29) is 35.8 Å². The van der Waals surface area contributed by atoms with Crippen molar-refractivity contribution in [3.63, 3.8) is 0 Å². The van der Waals surface area contributed by atoms with E-state index >= 15 is 0 Å². The van der Waals surface area contributed by atoms with Crippen LogP contribution in [0.5, 0.6) is 0 Å². The summed E-state index contributed by atoms with van der Waals surface area (Å²) in [5, 5.41) is 19.2. The van der Waals surface area contributed by atoms with Gasteiger partial charge < -0.3 is 15.1 Å². The van der Waals surface area contributed by atoms with E-state index in [2.05, 4.69) is 14.7 Å². The number of carbonyl (C=O) groups is 6. The van der Waals surface area contributed by atoms with Gasteiger partial charge >= 0.3 is 11.9 Å². The highest BCUT2D eigenvalue weighted by atomic mass is 17.3. The Bertz CT molecular complexity index is 613. The molecule has 136 valence electrons. The van der Waals surface area contributed by atoms with Gasteiger partial charge in [-0.05, 0) is 4.99 Å². The topological polar surface area (TPSA) is 177 Å². The van der Waals surface area contributed by atoms with Crippen molar-refractivity contribution in [2.75, 3.05) is 0 Å². The van der Waals surface area contributed by atoms with Crippen LogP contribution < -0.4 is 0 Å². The highest BCUT2D eigenvalue weighted by molar-refractivity contribution is 6.02. The fraction of sp³-hybridized carbons (Fsp3) is 0.500. The van der Waals surface area contributed by atoms with Crippen LogP contribution in [-0.4, -0.2) is 68.1 Å². The lowest BCUT2D eigenvalue weighted by molar-refractivity contribution is -0.369. The van der Waals surface area contributed by atoms with Crippen molar-refractivity contribution in [2.45, 2.75) is 37.9 Å². The van der Waals surface area contributed by atoms with Crippen molar-refractivity contribution in [1.29, 1.82) is 0 Å². The summed E-state index contributed by atoms with van der Waals surface area (Å²) in [4.78, 5) is 80.4. The molecule has 0 aromatic carbocycles. The summed E-state index contributed by atoms with van der Waals surface area (Å²) >= 11 is 0. The molecule has 13 heteroatoms. The van der Waals surface area contributed by atoms with E-state index in [0.717, 1.165) is 0 Å². The maximum Gasteiger partial charge on any atom is 0.376 e. The van der Waals surface area contributed by atoms with Gasteiger partial charge in [-0.3, -0.25) is 24.1 Å². The van der Waals surface area contributed by atoms with Crippen LogP contribution in [0.25, 0.3) is 0 Å². The zero-order valence-electron chi connectivity index (χ0n) is 12.4. The Morgan fingerprint density at radius 1 is 0.760 bits per heavy atom. The summed E-state index contributed by atoms with van der Waals surface area (Å²) < 4.78 is 0. The van der Waals surface area contributed by atoms with Crippen LogP contribution in [0.4, 0.5) is 0 Å². The Hall–Kier alpha value is -2.90. The number of hydrogen-bond acceptors (Lipinski definition) is 11. The number of hydrogen-bond donors (Lipinski definition) is 2. The largest absolute Gasteiger partial charge is 0.379 e. The summed E-state index contributed by atoms with van der Waals surface area (Å²) in [6.07, 6.45) is -5.77. The molecule has 2 aliphatic heterocycles. The van der Waals surface area contributed by atoms with Gasteiger partial charge in [0.2, 0.25) is 0 Å². The van der Waals surface area contributed by atoms with Crippen LogP contribution in [-0.2, 0) is 43.5 Å². The van der Waals surface area contributed by atoms with Gasteiger partial charge in [-0.15, -0.1) is 10.1 Å². The molecule has 25 heavy (non-hydrogen) atoms. The molecule has 0 aromatic rings. The van der Waals surface area contributed by atoms with E-state index < -0.39 is 47.8 Å². The Labute approximate surface area is 138 Å². The maximum absolute atomic E-state index is 11.6. The van der Waals surface area contributed by atoms with Crippen LogP contribution in [0.1, 0.15) is 25.7 Å². The fourth-order valence-corrected chi connectivity index (χ4v) is 1.82. The smallest absolute Gasteiger partial charge is 0.376 e. The monoisotopic (exact) mass is 360 g/mol. The highest BCUT2D eigenvalue weighted by Crippen LogP contribution is 2.15. The van der Waals surface area contributed by atoms with E-state index in [1.165, 1.54) is 0 Å². The lowest BCUT2D eigenvalue weighted by Gasteiger charge is -2.18. The molecule has 0 radical (unpaired) electrons. The summed E-state index contributed by atoms with van der Waals surface area (Å²) in [6, 6.07) is 0. The maximum atomic E-state index is 11.6. The van der Waals surface area contributed by atoms with Crippen molar-refractivity contribution in [1.82, 2.24) is 10.1 Å². The van der Waals surface area contributed by atoms with E-state index in [1.54, 1.807) is 0 Å². The van der Waals surface area contributed by atoms with Gasteiger partial charge in [0.15, 0.2) is 12.2 Å². The number of rotatable bonds is 6. The van der Waals surface area contributed by atoms with Gasteiger partial charge in [0.1, 0.15) is 0 Å². The molecule has 2 atom stereocenters. The van der Waals surface area contributed by atoms with Gasteiger partial charge in [0.25, 0.3) is 23.6 Å². The second-order valence-electron chi connectivity index (χ2n) is 4.94. The number of imide groups is 2. The minimum absolute atomic E-state index is 0.0989. The quantitative estimate of drug-likeness (QED) is 0.278. The van der Waals surface area contributed by atoms with E-state index in [4.69, 9.17) is 0 Å². The van der Waals surface area contributed by atoms with Crippen LogP contribution in [0.15, 0.2) is 0 Å². The van der Waals surface area contributed by atoms with Gasteiger partial charge in [0.05, 0.1) is 0 Å². The summed E-state index contributed by atoms with van der Waals surface area (Å²) in [6.45, 7) is 0. The van der Waals surface area contributed by atoms with Crippen molar-refractivity contribution >= 4 is 35.6 Å². The number of hydroxylamine groups is 4. The summed E-state index contributed by atoms with van der Waals surface area (Å²) in [5.41, 5.74) is 0. The first kappa shape index (κ1) is 18.4. The Balaban J connectivity index is 1.86. The van der Waals surface area contributed by atoms with Crippen LogP contribution in [0, 0.1) is 0 Å². The third kappa shape index (κ3) is 3.96. The molecule has 0 saturated carbocycles. The fourth-order valence-electron chi connectivity index (χ4n) is 1.82. The summed E-state index contributed by atoms with van der Waals surface area (Å²) in [5.74, 6) is -6.66. The van der Waals surface area contributed by atoms with Crippen molar-refractivity contribution < 1.29 is 53.7 Å². The number of amides is 4. The van der Waals surface area contributed by atoms with Crippen LogP contribution >= 0.6 is 0 Å². The second-order valence-corrected chi connectivity index (χ2v) is 4.94. The van der Waals surface area contributed by atoms with Crippen molar-refractivity contribution in [3.8, 4) is 0 Å². The molecule has 2 unspecified atom stereocenters. The number of aliphatic hydroxyl groups is 2. The van der Waals surface area contributed by atoms with Gasteiger partial charge in [-0.1, -0.05) is 0 Å². The molecule has 0 aromatic heterocycles. The van der Waals surface area contributed by atoms with Gasteiger partial charge in [-0.25, -0.2) is 9.59 Å². The molecule has 2 saturated heterocycles. The lowest BCUT2D eigenvalue weighted by Crippen LogP contribution is -2.45. The Morgan fingerprint density at radius 3 is 1.64 bits per heavy atom. The molecule has 2 heterocycles. The molecule has 2 rings (SSSR count). The predicted molar refractivity (Wildman–Crippen MR) is 67.5 cm³/mol. The first-order chi connectivity index (χ1) is 11.7.